The van der Waals surface area contributed by atoms with E-state index in [4.69, 9.17) is 11.6 Å². The maximum absolute atomic E-state index is 11.2. The topological polar surface area (TPSA) is 43.6 Å². The van der Waals surface area contributed by atoms with Gasteiger partial charge in [0.05, 0.1) is 12.7 Å². The molecule has 0 fully saturated rings. The Hall–Kier alpha value is -1.55. The number of imidazole rings is 1. The Morgan fingerprint density at radius 1 is 1.57 bits per heavy atom. The molecule has 0 bridgehead atoms. The van der Waals surface area contributed by atoms with E-state index in [9.17, 15) is 4.79 Å². The van der Waals surface area contributed by atoms with Crippen molar-refractivity contribution in [2.45, 2.75) is 0 Å². The number of methoxy groups -OCH3 is 1. The van der Waals surface area contributed by atoms with Crippen LogP contribution < -0.4 is 0 Å². The molecule has 0 spiro atoms. The first-order valence-corrected chi connectivity index (χ1v) is 4.31. The zero-order valence-electron chi connectivity index (χ0n) is 7.40. The standard InChI is InChI=1S/C9H7ClN2O2/c1-14-9(13)6-4-7(10)12-3-2-11-8(12)5-6/h2-5H,1H3. The van der Waals surface area contributed by atoms with Crippen LogP contribution in [0.25, 0.3) is 5.65 Å². The van der Waals surface area contributed by atoms with Crippen LogP contribution in [0.4, 0.5) is 0 Å². The van der Waals surface area contributed by atoms with E-state index in [0.717, 1.165) is 0 Å². The quantitative estimate of drug-likeness (QED) is 0.532. The van der Waals surface area contributed by atoms with Gasteiger partial charge in [0.1, 0.15) is 10.8 Å². The first-order chi connectivity index (χ1) is 6.72. The average molecular weight is 211 g/mol. The number of carbonyl (C=O) groups is 1. The molecule has 0 aliphatic carbocycles. The predicted octanol–water partition coefficient (Wildman–Crippen LogP) is 1.77. The summed E-state index contributed by atoms with van der Waals surface area (Å²) in [7, 11) is 1.33. The van der Waals surface area contributed by atoms with E-state index in [2.05, 4.69) is 9.72 Å². The van der Waals surface area contributed by atoms with Crippen LogP contribution in [0.3, 0.4) is 0 Å². The minimum absolute atomic E-state index is 0.399. The Balaban J connectivity index is 2.64. The van der Waals surface area contributed by atoms with Crippen LogP contribution in [-0.2, 0) is 4.74 Å². The molecule has 0 unspecified atom stereocenters. The van der Waals surface area contributed by atoms with Gasteiger partial charge >= 0.3 is 5.97 Å². The second-order valence-corrected chi connectivity index (χ2v) is 3.10. The van der Waals surface area contributed by atoms with Crippen molar-refractivity contribution in [3.05, 3.63) is 35.2 Å². The van der Waals surface area contributed by atoms with E-state index in [0.29, 0.717) is 16.4 Å². The molecule has 0 aliphatic heterocycles. The molecule has 0 amide bonds. The summed E-state index contributed by atoms with van der Waals surface area (Å²) >= 11 is 5.92. The summed E-state index contributed by atoms with van der Waals surface area (Å²) in [6.45, 7) is 0. The van der Waals surface area contributed by atoms with Gasteiger partial charge in [0.2, 0.25) is 0 Å². The summed E-state index contributed by atoms with van der Waals surface area (Å²) in [5.74, 6) is -0.419. The minimum atomic E-state index is -0.419. The fourth-order valence-corrected chi connectivity index (χ4v) is 1.48. The van der Waals surface area contributed by atoms with E-state index in [1.807, 2.05) is 0 Å². The average Bonchev–Trinajstić information content (AvgIpc) is 2.64. The predicted molar refractivity (Wildman–Crippen MR) is 51.5 cm³/mol. The summed E-state index contributed by atoms with van der Waals surface area (Å²) < 4.78 is 6.26. The Labute approximate surface area is 85.1 Å². The second-order valence-electron chi connectivity index (χ2n) is 2.71. The number of ether oxygens (including phenoxy) is 1. The molecule has 0 saturated heterocycles. The Bertz CT molecular complexity index is 493. The van der Waals surface area contributed by atoms with Gasteiger partial charge in [-0.2, -0.15) is 0 Å². The lowest BCUT2D eigenvalue weighted by molar-refractivity contribution is 0.0600. The molecular weight excluding hydrogens is 204 g/mol. The van der Waals surface area contributed by atoms with E-state index < -0.39 is 5.97 Å². The van der Waals surface area contributed by atoms with Gasteiger partial charge in [-0.15, -0.1) is 0 Å². The zero-order chi connectivity index (χ0) is 10.1. The summed E-state index contributed by atoms with van der Waals surface area (Å²) in [6, 6.07) is 3.17. The Morgan fingerprint density at radius 2 is 2.36 bits per heavy atom. The first kappa shape index (κ1) is 9.02. The molecule has 2 aromatic heterocycles. The van der Waals surface area contributed by atoms with Crippen LogP contribution in [-0.4, -0.2) is 22.5 Å². The van der Waals surface area contributed by atoms with E-state index in [-0.39, 0.29) is 0 Å². The maximum Gasteiger partial charge on any atom is 0.338 e. The van der Waals surface area contributed by atoms with Crippen molar-refractivity contribution in [1.82, 2.24) is 9.38 Å². The van der Waals surface area contributed by atoms with Gasteiger partial charge in [0.15, 0.2) is 0 Å². The van der Waals surface area contributed by atoms with Crippen molar-refractivity contribution in [2.24, 2.45) is 0 Å². The molecule has 5 heteroatoms. The number of carbonyl (C=O) groups excluding carboxylic acids is 1. The third kappa shape index (κ3) is 1.33. The van der Waals surface area contributed by atoms with E-state index >= 15 is 0 Å². The molecule has 0 radical (unpaired) electrons. The van der Waals surface area contributed by atoms with Gasteiger partial charge in [-0.25, -0.2) is 9.78 Å². The first-order valence-electron chi connectivity index (χ1n) is 3.93. The van der Waals surface area contributed by atoms with Gasteiger partial charge < -0.3 is 4.74 Å². The van der Waals surface area contributed by atoms with Crippen molar-refractivity contribution in [3.8, 4) is 0 Å². The molecule has 0 N–H and O–H groups in total. The molecule has 14 heavy (non-hydrogen) atoms. The Kier molecular flexibility index (Phi) is 2.13. The number of aromatic nitrogens is 2. The molecule has 4 nitrogen and oxygen atoms in total. The number of nitrogens with zero attached hydrogens (tertiary/aromatic N) is 2. The number of rotatable bonds is 1. The lowest BCUT2D eigenvalue weighted by Crippen LogP contribution is -2.02. The van der Waals surface area contributed by atoms with Gasteiger partial charge in [0.25, 0.3) is 0 Å². The lowest BCUT2D eigenvalue weighted by atomic mass is 10.3. The van der Waals surface area contributed by atoms with Crippen LogP contribution in [0, 0.1) is 0 Å². The molecule has 0 atom stereocenters. The third-order valence-electron chi connectivity index (χ3n) is 1.88. The summed E-state index contributed by atoms with van der Waals surface area (Å²) in [5.41, 5.74) is 1.02. The van der Waals surface area contributed by atoms with Crippen LogP contribution in [0.1, 0.15) is 10.4 Å². The normalized spacial score (nSPS) is 10.4. The maximum atomic E-state index is 11.2. The van der Waals surface area contributed by atoms with Gasteiger partial charge in [0, 0.05) is 12.4 Å². The van der Waals surface area contributed by atoms with Crippen LogP contribution >= 0.6 is 11.6 Å². The molecule has 0 aromatic carbocycles. The van der Waals surface area contributed by atoms with Crippen molar-refractivity contribution in [3.63, 3.8) is 0 Å². The second kappa shape index (κ2) is 3.31. The van der Waals surface area contributed by atoms with Crippen molar-refractivity contribution < 1.29 is 9.53 Å². The van der Waals surface area contributed by atoms with Crippen molar-refractivity contribution >= 4 is 23.2 Å². The fraction of sp³-hybridized carbons (Fsp3) is 0.111. The van der Waals surface area contributed by atoms with Crippen molar-refractivity contribution in [2.75, 3.05) is 7.11 Å². The van der Waals surface area contributed by atoms with Crippen LogP contribution in [0.5, 0.6) is 0 Å². The number of esters is 1. The summed E-state index contributed by atoms with van der Waals surface area (Å²) in [4.78, 5) is 15.2. The highest BCUT2D eigenvalue weighted by Crippen LogP contribution is 2.15. The van der Waals surface area contributed by atoms with Gasteiger partial charge in [-0.05, 0) is 12.1 Å². The number of fused-ring (bicyclic) bond motifs is 1. The fourth-order valence-electron chi connectivity index (χ4n) is 1.22. The van der Waals surface area contributed by atoms with Crippen LogP contribution in [0.2, 0.25) is 5.15 Å². The van der Waals surface area contributed by atoms with Gasteiger partial charge in [-0.1, -0.05) is 11.6 Å². The summed E-state index contributed by atoms with van der Waals surface area (Å²) in [5, 5.41) is 0.431. The largest absolute Gasteiger partial charge is 0.465 e. The molecule has 2 rings (SSSR count). The Morgan fingerprint density at radius 3 is 3.07 bits per heavy atom. The highest BCUT2D eigenvalue weighted by Gasteiger charge is 2.09. The lowest BCUT2D eigenvalue weighted by Gasteiger charge is -2.01. The molecule has 2 aromatic rings. The van der Waals surface area contributed by atoms with Crippen molar-refractivity contribution in [1.29, 1.82) is 0 Å². The molecule has 0 saturated carbocycles. The number of hydrogen-bond acceptors (Lipinski definition) is 3. The number of pyridine rings is 1. The summed E-state index contributed by atoms with van der Waals surface area (Å²) in [6.07, 6.45) is 3.33. The molecule has 72 valence electrons. The van der Waals surface area contributed by atoms with Crippen LogP contribution in [0.15, 0.2) is 24.5 Å². The SMILES string of the molecule is COC(=O)c1cc(Cl)n2ccnc2c1. The van der Waals surface area contributed by atoms with E-state index in [1.54, 1.807) is 28.9 Å². The number of hydrogen-bond donors (Lipinski definition) is 0. The highest BCUT2D eigenvalue weighted by atomic mass is 35.5. The monoisotopic (exact) mass is 210 g/mol. The molecule has 0 aliphatic rings. The minimum Gasteiger partial charge on any atom is -0.465 e. The number of halogens is 1. The van der Waals surface area contributed by atoms with Gasteiger partial charge in [-0.3, -0.25) is 4.40 Å². The van der Waals surface area contributed by atoms with E-state index in [1.165, 1.54) is 7.11 Å². The molecular formula is C9H7ClN2O2. The highest BCUT2D eigenvalue weighted by molar-refractivity contribution is 6.30. The zero-order valence-corrected chi connectivity index (χ0v) is 8.15. The smallest absolute Gasteiger partial charge is 0.338 e. The molecule has 2 heterocycles. The third-order valence-corrected chi connectivity index (χ3v) is 2.17.